The van der Waals surface area contributed by atoms with Crippen molar-refractivity contribution in [1.82, 2.24) is 0 Å². The first-order valence-electron chi connectivity index (χ1n) is 0. The summed E-state index contributed by atoms with van der Waals surface area (Å²) < 4.78 is 0. The van der Waals surface area contributed by atoms with Gasteiger partial charge in [0.25, 0.3) is 0 Å². The molecular weight excluding hydrogens is 381 g/mol. The summed E-state index contributed by atoms with van der Waals surface area (Å²) in [6, 6.07) is 0. The Labute approximate surface area is 114 Å². The molecule has 0 heterocycles. The monoisotopic (exact) mass is 382 g/mol. The second-order valence-electron chi connectivity index (χ2n) is 0. The smallest absolute Gasteiger partial charge is 2.00 e. The summed E-state index contributed by atoms with van der Waals surface area (Å²) in [4.78, 5) is 0. The minimum atomic E-state index is 0. The van der Waals surface area contributed by atoms with E-state index in [9.17, 15) is 0 Å². The van der Waals surface area contributed by atoms with Crippen molar-refractivity contribution >= 4 is 115 Å². The zero-order chi connectivity index (χ0) is 0. The molecule has 0 spiro atoms. The molecule has 0 unspecified atom stereocenters. The zero-order valence-electron chi connectivity index (χ0n) is 3.38. The summed E-state index contributed by atoms with van der Waals surface area (Å²) in [5.74, 6) is 0. The second-order valence-corrected chi connectivity index (χ2v) is 0. The Morgan fingerprint density at radius 1 is 0.429 bits per heavy atom. The quantitative estimate of drug-likeness (QED) is 0.447. The molecule has 32 valence electrons. The van der Waals surface area contributed by atoms with Gasteiger partial charge in [-0.2, -0.15) is 0 Å². The molecule has 0 N–H and O–H groups in total. The molecule has 0 aromatic heterocycles. The third kappa shape index (κ3) is 44.4. The van der Waals surface area contributed by atoms with Gasteiger partial charge in [-0.05, 0) is 0 Å². The van der Waals surface area contributed by atoms with Gasteiger partial charge in [0.1, 0.15) is 0 Å². The van der Waals surface area contributed by atoms with E-state index in [0.717, 1.165) is 0 Å². The van der Waals surface area contributed by atoms with Crippen molar-refractivity contribution in [3.05, 3.63) is 0 Å². The van der Waals surface area contributed by atoms with Crippen LogP contribution in [0, 0.1) is 0 Å². The van der Waals surface area contributed by atoms with Crippen molar-refractivity contribution in [2.45, 2.75) is 0 Å². The molecule has 7 heteroatoms. The third-order valence-corrected chi connectivity index (χ3v) is 0. The van der Waals surface area contributed by atoms with Gasteiger partial charge in [0.05, 0.1) is 0 Å². The van der Waals surface area contributed by atoms with Crippen molar-refractivity contribution in [2.75, 3.05) is 0 Å². The summed E-state index contributed by atoms with van der Waals surface area (Å²) >= 11 is 0. The number of hydrogen-bond acceptors (Lipinski definition) is 0. The van der Waals surface area contributed by atoms with Crippen LogP contribution in [0.25, 0.3) is 0 Å². The Balaban J connectivity index is 0. The van der Waals surface area contributed by atoms with Crippen molar-refractivity contribution in [3.63, 3.8) is 0 Å². The Hall–Kier alpha value is 3.41. The van der Waals surface area contributed by atoms with Gasteiger partial charge in [-0.1, -0.05) is 0 Å². The summed E-state index contributed by atoms with van der Waals surface area (Å²) in [5.41, 5.74) is 0. The van der Waals surface area contributed by atoms with Gasteiger partial charge >= 0.3 is 39.6 Å². The van der Waals surface area contributed by atoms with Gasteiger partial charge < -0.3 is 40.5 Å². The second kappa shape index (κ2) is 57.3. The van der Waals surface area contributed by atoms with E-state index in [1.807, 2.05) is 0 Å². The Morgan fingerprint density at radius 2 is 0.429 bits per heavy atom. The van der Waals surface area contributed by atoms with Crippen molar-refractivity contribution in [2.24, 2.45) is 0 Å². The fraction of sp³-hybridized carbons (Fsp3) is 0. The molecule has 8 radical (unpaired) electrons. The van der Waals surface area contributed by atoms with E-state index in [4.69, 9.17) is 0 Å². The maximum Gasteiger partial charge on any atom is 3.00 e. The largest absolute Gasteiger partial charge is 3.00 e. The molecule has 0 saturated carbocycles. The molecule has 0 nitrogen and oxygen atoms in total. The van der Waals surface area contributed by atoms with E-state index in [-0.39, 0.29) is 115 Å². The maximum atomic E-state index is 0. The molecule has 0 aliphatic rings. The van der Waals surface area contributed by atoms with Crippen LogP contribution in [0.2, 0.25) is 0 Å². The van der Waals surface area contributed by atoms with Crippen LogP contribution in [0.3, 0.4) is 0 Å². The van der Waals surface area contributed by atoms with Crippen LogP contribution in [0.4, 0.5) is 0 Å². The average molecular weight is 381 g/mol. The maximum absolute atomic E-state index is 0. The Bertz CT molecular complexity index is 10.9. The summed E-state index contributed by atoms with van der Waals surface area (Å²) in [5, 5.41) is 0. The van der Waals surface area contributed by atoms with Crippen LogP contribution in [0.1, 0.15) is 0 Å². The number of rotatable bonds is 0. The van der Waals surface area contributed by atoms with Gasteiger partial charge in [-0.25, -0.2) is 0 Å². The van der Waals surface area contributed by atoms with Gasteiger partial charge in [0, 0.05) is 35.2 Å². The molecule has 0 bridgehead atoms. The zero-order valence-corrected chi connectivity index (χ0v) is 14.9. The topological polar surface area (TPSA) is 0 Å². The van der Waals surface area contributed by atoms with Gasteiger partial charge in [-0.3, -0.25) is 0 Å². The molecule has 0 aliphatic carbocycles. The average Bonchev–Trinajstić information content (AvgIpc) is 0. The minimum Gasteiger partial charge on any atom is -2.00 e. The first-order valence-corrected chi connectivity index (χ1v) is 0. The van der Waals surface area contributed by atoms with Crippen LogP contribution in [-0.4, -0.2) is 74.8 Å². The van der Waals surface area contributed by atoms with Crippen LogP contribution in [0.15, 0.2) is 0 Å². The summed E-state index contributed by atoms with van der Waals surface area (Å²) in [7, 11) is 0. The van der Waals surface area contributed by atoms with Crippen LogP contribution in [0.5, 0.6) is 0 Å². The van der Waals surface area contributed by atoms with Gasteiger partial charge in [0.2, 0.25) is 0 Å². The first kappa shape index (κ1) is 79.3. The summed E-state index contributed by atoms with van der Waals surface area (Å²) in [6.45, 7) is 0. The van der Waals surface area contributed by atoms with Crippen molar-refractivity contribution < 1.29 is 0 Å². The molecule has 0 aliphatic heterocycles. The predicted molar refractivity (Wildman–Crippen MR) is 45.1 cm³/mol. The fourth-order valence-electron chi connectivity index (χ4n) is 0. The van der Waals surface area contributed by atoms with E-state index >= 15 is 0 Å². The molecule has 0 aromatic rings. The molecule has 7 heavy (non-hydrogen) atoms. The van der Waals surface area contributed by atoms with Crippen molar-refractivity contribution in [1.29, 1.82) is 0 Å². The summed E-state index contributed by atoms with van der Waals surface area (Å²) in [6.07, 6.45) is 0. The molecule has 0 saturated heterocycles. The fourth-order valence-corrected chi connectivity index (χ4v) is 0. The predicted octanol–water partition coefficient (Wildman–Crippen LogP) is -1.53. The molecule has 0 aromatic carbocycles. The third-order valence-electron chi connectivity index (χ3n) is 0. The van der Waals surface area contributed by atoms with E-state index in [1.165, 1.54) is 0 Å². The van der Waals surface area contributed by atoms with E-state index in [1.54, 1.807) is 0 Å². The van der Waals surface area contributed by atoms with Crippen LogP contribution in [-0.2, 0) is 40.5 Å². The Morgan fingerprint density at radius 3 is 0.429 bits per heavy atom. The van der Waals surface area contributed by atoms with Gasteiger partial charge in [0.15, 0.2) is 0 Å². The molecule has 0 atom stereocenters. The van der Waals surface area contributed by atoms with Gasteiger partial charge in [-0.15, -0.1) is 0 Å². The normalized spacial score (nSPS) is 0. The minimum absolute atomic E-state index is 0. The Kier molecular flexibility index (Phi) is 649. The van der Waals surface area contributed by atoms with Crippen LogP contribution >= 0.6 is 0 Å². The molecule has 0 fully saturated rings. The van der Waals surface area contributed by atoms with E-state index in [2.05, 4.69) is 0 Å². The SMILES string of the molecule is [Ga+3].[Ga+3].[Ge].[Ge].[S-2].[S-2].[S-2]. The molecular formula is Ga2Ge2S3. The molecule has 0 amide bonds. The number of hydrogen-bond donors (Lipinski definition) is 0. The first-order chi connectivity index (χ1) is 0. The van der Waals surface area contributed by atoms with Crippen molar-refractivity contribution in [3.8, 4) is 0 Å². The van der Waals surface area contributed by atoms with E-state index in [0.29, 0.717) is 0 Å². The van der Waals surface area contributed by atoms with E-state index < -0.39 is 0 Å². The van der Waals surface area contributed by atoms with Crippen LogP contribution < -0.4 is 0 Å². The molecule has 0 rings (SSSR count). The standard InChI is InChI=1S/2Ga.2Ge.3S/q2*+3;;;3*-2.